The smallest absolute Gasteiger partial charge is 0.310 e. The maximum Gasteiger partial charge on any atom is 0.310 e. The van der Waals surface area contributed by atoms with Gasteiger partial charge >= 0.3 is 5.97 Å². The molecule has 1 saturated heterocycles. The van der Waals surface area contributed by atoms with Crippen molar-refractivity contribution in [2.75, 3.05) is 13.7 Å². The van der Waals surface area contributed by atoms with Crippen molar-refractivity contribution in [3.8, 4) is 0 Å². The highest BCUT2D eigenvalue weighted by molar-refractivity contribution is 5.81. The number of esters is 1. The second-order valence-corrected chi connectivity index (χ2v) is 4.66. The van der Waals surface area contributed by atoms with Crippen molar-refractivity contribution < 1.29 is 18.7 Å². The summed E-state index contributed by atoms with van der Waals surface area (Å²) in [6.45, 7) is 0.659. The molecule has 0 unspecified atom stereocenters. The van der Waals surface area contributed by atoms with Gasteiger partial charge in [0, 0.05) is 19.5 Å². The van der Waals surface area contributed by atoms with Crippen molar-refractivity contribution in [2.24, 2.45) is 5.92 Å². The Hall–Kier alpha value is -1.91. The van der Waals surface area contributed by atoms with Crippen LogP contribution in [0.1, 0.15) is 18.4 Å². The molecule has 0 saturated carbocycles. The van der Waals surface area contributed by atoms with E-state index in [0.29, 0.717) is 25.9 Å². The normalized spacial score (nSPS) is 19.4. The number of ether oxygens (including phenoxy) is 1. The first-order chi connectivity index (χ1) is 9.10. The minimum absolute atomic E-state index is 0.00980. The zero-order chi connectivity index (χ0) is 13.8. The van der Waals surface area contributed by atoms with Crippen molar-refractivity contribution >= 4 is 11.9 Å². The second-order valence-electron chi connectivity index (χ2n) is 4.66. The van der Waals surface area contributed by atoms with Gasteiger partial charge in [0.2, 0.25) is 5.91 Å². The highest BCUT2D eigenvalue weighted by Gasteiger charge is 2.30. The summed E-state index contributed by atoms with van der Waals surface area (Å²) in [5.74, 6) is -0.913. The van der Waals surface area contributed by atoms with E-state index in [1.165, 1.54) is 19.2 Å². The molecule has 0 radical (unpaired) electrons. The van der Waals surface area contributed by atoms with Crippen LogP contribution in [0.4, 0.5) is 4.39 Å². The molecule has 0 spiro atoms. The quantitative estimate of drug-likeness (QED) is 0.782. The molecule has 1 fully saturated rings. The number of benzene rings is 1. The molecule has 0 aromatic heterocycles. The topological polar surface area (TPSA) is 46.6 Å². The third-order valence-electron chi connectivity index (χ3n) is 3.30. The van der Waals surface area contributed by atoms with Gasteiger partial charge in [-0.15, -0.1) is 0 Å². The average molecular weight is 265 g/mol. The van der Waals surface area contributed by atoms with Crippen LogP contribution in [0.5, 0.6) is 0 Å². The van der Waals surface area contributed by atoms with E-state index in [0.717, 1.165) is 5.56 Å². The van der Waals surface area contributed by atoms with Crippen LogP contribution in [-0.4, -0.2) is 30.4 Å². The van der Waals surface area contributed by atoms with Crippen molar-refractivity contribution in [3.63, 3.8) is 0 Å². The summed E-state index contributed by atoms with van der Waals surface area (Å²) in [7, 11) is 1.34. The number of rotatable bonds is 3. The van der Waals surface area contributed by atoms with Gasteiger partial charge < -0.3 is 9.64 Å². The number of carbonyl (C=O) groups is 2. The Morgan fingerprint density at radius 2 is 2.32 bits per heavy atom. The summed E-state index contributed by atoms with van der Waals surface area (Å²) >= 11 is 0. The molecule has 2 rings (SSSR count). The van der Waals surface area contributed by atoms with Crippen LogP contribution in [0.25, 0.3) is 0 Å². The van der Waals surface area contributed by atoms with Crippen molar-refractivity contribution in [2.45, 2.75) is 19.4 Å². The Morgan fingerprint density at radius 1 is 1.53 bits per heavy atom. The zero-order valence-electron chi connectivity index (χ0n) is 10.8. The molecule has 19 heavy (non-hydrogen) atoms. The lowest BCUT2D eigenvalue weighted by atomic mass is 9.97. The largest absolute Gasteiger partial charge is 0.469 e. The maximum atomic E-state index is 13.1. The fourth-order valence-electron chi connectivity index (χ4n) is 2.28. The first kappa shape index (κ1) is 13.5. The van der Waals surface area contributed by atoms with Crippen LogP contribution < -0.4 is 0 Å². The molecule has 1 aromatic carbocycles. The third kappa shape index (κ3) is 3.30. The number of carbonyl (C=O) groups excluding carboxylic acids is 2. The summed E-state index contributed by atoms with van der Waals surface area (Å²) in [5, 5.41) is 0. The van der Waals surface area contributed by atoms with Crippen LogP contribution >= 0.6 is 0 Å². The molecular formula is C14H16FNO3. The predicted molar refractivity (Wildman–Crippen MR) is 66.6 cm³/mol. The van der Waals surface area contributed by atoms with Gasteiger partial charge in [-0.2, -0.15) is 0 Å². The Bertz CT molecular complexity index is 489. The van der Waals surface area contributed by atoms with Gasteiger partial charge in [0.25, 0.3) is 0 Å². The van der Waals surface area contributed by atoms with E-state index < -0.39 is 0 Å². The molecule has 0 bridgehead atoms. The zero-order valence-corrected chi connectivity index (χ0v) is 10.8. The van der Waals surface area contributed by atoms with Crippen molar-refractivity contribution in [1.29, 1.82) is 0 Å². The molecule has 4 nitrogen and oxygen atoms in total. The summed E-state index contributed by atoms with van der Waals surface area (Å²) < 4.78 is 17.8. The Labute approximate surface area is 111 Å². The molecule has 1 atom stereocenters. The van der Waals surface area contributed by atoms with Crippen LogP contribution in [0, 0.1) is 11.7 Å². The van der Waals surface area contributed by atoms with E-state index in [2.05, 4.69) is 0 Å². The van der Waals surface area contributed by atoms with E-state index in [1.807, 2.05) is 0 Å². The van der Waals surface area contributed by atoms with Gasteiger partial charge in [0.1, 0.15) is 5.82 Å². The number of piperidine rings is 1. The van der Waals surface area contributed by atoms with Crippen molar-refractivity contribution in [3.05, 3.63) is 35.6 Å². The molecule has 1 amide bonds. The minimum atomic E-state index is -0.327. The van der Waals surface area contributed by atoms with Crippen LogP contribution in [0.3, 0.4) is 0 Å². The SMILES string of the molecule is COC(=O)[C@H]1CCC(=O)N(Cc2cccc(F)c2)C1. The highest BCUT2D eigenvalue weighted by Crippen LogP contribution is 2.21. The van der Waals surface area contributed by atoms with Crippen LogP contribution in [-0.2, 0) is 20.9 Å². The van der Waals surface area contributed by atoms with Gasteiger partial charge in [-0.3, -0.25) is 9.59 Å². The minimum Gasteiger partial charge on any atom is -0.469 e. The molecule has 5 heteroatoms. The van der Waals surface area contributed by atoms with E-state index in [9.17, 15) is 14.0 Å². The molecule has 1 aliphatic rings. The van der Waals surface area contributed by atoms with Gasteiger partial charge in [-0.25, -0.2) is 4.39 Å². The molecule has 1 aromatic rings. The molecular weight excluding hydrogens is 249 g/mol. The van der Waals surface area contributed by atoms with Crippen LogP contribution in [0.15, 0.2) is 24.3 Å². The lowest BCUT2D eigenvalue weighted by Crippen LogP contribution is -2.42. The predicted octanol–water partition coefficient (Wildman–Crippen LogP) is 1.74. The molecule has 0 N–H and O–H groups in total. The molecule has 102 valence electrons. The lowest BCUT2D eigenvalue weighted by molar-refractivity contribution is -0.150. The summed E-state index contributed by atoms with van der Waals surface area (Å²) in [6.07, 6.45) is 0.847. The van der Waals surface area contributed by atoms with E-state index >= 15 is 0 Å². The van der Waals surface area contributed by atoms with Gasteiger partial charge in [0.15, 0.2) is 0 Å². The molecule has 0 aliphatic carbocycles. The summed E-state index contributed by atoms with van der Waals surface area (Å²) in [5.41, 5.74) is 0.721. The number of nitrogens with zero attached hydrogens (tertiary/aromatic N) is 1. The molecule has 1 heterocycles. The number of hydrogen-bond donors (Lipinski definition) is 0. The Balaban J connectivity index is 2.05. The third-order valence-corrected chi connectivity index (χ3v) is 3.30. The van der Waals surface area contributed by atoms with E-state index in [4.69, 9.17) is 4.74 Å². The number of halogens is 1. The van der Waals surface area contributed by atoms with Crippen LogP contribution in [0.2, 0.25) is 0 Å². The lowest BCUT2D eigenvalue weighted by Gasteiger charge is -2.31. The monoisotopic (exact) mass is 265 g/mol. The summed E-state index contributed by atoms with van der Waals surface area (Å²) in [6, 6.07) is 6.13. The first-order valence-electron chi connectivity index (χ1n) is 6.20. The van der Waals surface area contributed by atoms with Crippen molar-refractivity contribution in [1.82, 2.24) is 4.90 Å². The van der Waals surface area contributed by atoms with Gasteiger partial charge in [-0.05, 0) is 24.1 Å². The number of likely N-dealkylation sites (tertiary alicyclic amines) is 1. The number of methoxy groups -OCH3 is 1. The number of amides is 1. The van der Waals surface area contributed by atoms with Gasteiger partial charge in [0.05, 0.1) is 13.0 Å². The standard InChI is InChI=1S/C14H16FNO3/c1-19-14(18)11-5-6-13(17)16(9-11)8-10-3-2-4-12(15)7-10/h2-4,7,11H,5-6,8-9H2,1H3/t11-/m0/s1. The fraction of sp³-hybridized carbons (Fsp3) is 0.429. The highest BCUT2D eigenvalue weighted by atomic mass is 19.1. The Kier molecular flexibility index (Phi) is 4.14. The maximum absolute atomic E-state index is 13.1. The second kappa shape index (κ2) is 5.82. The van der Waals surface area contributed by atoms with Gasteiger partial charge in [-0.1, -0.05) is 12.1 Å². The fourth-order valence-corrected chi connectivity index (χ4v) is 2.28. The molecule has 1 aliphatic heterocycles. The first-order valence-corrected chi connectivity index (χ1v) is 6.20. The number of hydrogen-bond acceptors (Lipinski definition) is 3. The Morgan fingerprint density at radius 3 is 3.00 bits per heavy atom. The van der Waals surface area contributed by atoms with E-state index in [-0.39, 0.29) is 23.6 Å². The van der Waals surface area contributed by atoms with E-state index in [1.54, 1.807) is 17.0 Å². The average Bonchev–Trinajstić information content (AvgIpc) is 2.40. The summed E-state index contributed by atoms with van der Waals surface area (Å²) in [4.78, 5) is 24.9.